The second-order valence-corrected chi connectivity index (χ2v) is 5.16. The lowest BCUT2D eigenvalue weighted by Crippen LogP contribution is -2.29. The lowest BCUT2D eigenvalue weighted by atomic mass is 10.5. The number of rotatable bonds is 3. The third kappa shape index (κ3) is 3.03. The van der Waals surface area contributed by atoms with Crippen molar-refractivity contribution in [3.05, 3.63) is 19.8 Å². The SMILES string of the molecule is CN(C)NCc1cc(Br)c(Cl)s1. The summed E-state index contributed by atoms with van der Waals surface area (Å²) in [7, 11) is 3.93. The van der Waals surface area contributed by atoms with E-state index in [0.29, 0.717) is 0 Å². The topological polar surface area (TPSA) is 15.3 Å². The molecular formula is C7H10BrClN2S. The molecular weight excluding hydrogens is 260 g/mol. The molecule has 0 bridgehead atoms. The smallest absolute Gasteiger partial charge is 0.107 e. The summed E-state index contributed by atoms with van der Waals surface area (Å²) in [6, 6.07) is 2.03. The monoisotopic (exact) mass is 268 g/mol. The molecule has 1 N–H and O–H groups in total. The summed E-state index contributed by atoms with van der Waals surface area (Å²) >= 11 is 10.8. The maximum absolute atomic E-state index is 5.87. The third-order valence-corrected chi connectivity index (χ3v) is 3.74. The van der Waals surface area contributed by atoms with Crippen LogP contribution in [0.25, 0.3) is 0 Å². The first-order valence-corrected chi connectivity index (χ1v) is 5.43. The second-order valence-electron chi connectivity index (χ2n) is 2.56. The summed E-state index contributed by atoms with van der Waals surface area (Å²) < 4.78 is 1.79. The quantitative estimate of drug-likeness (QED) is 0.849. The fraction of sp³-hybridized carbons (Fsp3) is 0.429. The van der Waals surface area contributed by atoms with Crippen LogP contribution in [0.3, 0.4) is 0 Å². The van der Waals surface area contributed by atoms with Crippen LogP contribution < -0.4 is 5.43 Å². The van der Waals surface area contributed by atoms with Gasteiger partial charge < -0.3 is 0 Å². The summed E-state index contributed by atoms with van der Waals surface area (Å²) in [4.78, 5) is 1.22. The Morgan fingerprint density at radius 1 is 1.67 bits per heavy atom. The highest BCUT2D eigenvalue weighted by Gasteiger charge is 2.03. The normalized spacial score (nSPS) is 11.1. The minimum absolute atomic E-state index is 0.811. The summed E-state index contributed by atoms with van der Waals surface area (Å²) in [6.07, 6.45) is 0. The lowest BCUT2D eigenvalue weighted by Gasteiger charge is -2.09. The van der Waals surface area contributed by atoms with E-state index >= 15 is 0 Å². The standard InChI is InChI=1S/C7H10BrClN2S/c1-11(2)10-4-5-3-6(8)7(9)12-5/h3,10H,4H2,1-2H3. The minimum Gasteiger partial charge on any atom is -0.250 e. The zero-order chi connectivity index (χ0) is 9.14. The predicted octanol–water partition coefficient (Wildman–Crippen LogP) is 2.73. The zero-order valence-corrected chi connectivity index (χ0v) is 10.1. The van der Waals surface area contributed by atoms with Gasteiger partial charge in [-0.25, -0.2) is 0 Å². The van der Waals surface area contributed by atoms with Crippen LogP contribution in [0, 0.1) is 0 Å². The van der Waals surface area contributed by atoms with Gasteiger partial charge in [-0.3, -0.25) is 10.4 Å². The molecule has 0 radical (unpaired) electrons. The molecule has 0 aliphatic rings. The van der Waals surface area contributed by atoms with Gasteiger partial charge >= 0.3 is 0 Å². The van der Waals surface area contributed by atoms with Crippen LogP contribution in [-0.4, -0.2) is 19.1 Å². The van der Waals surface area contributed by atoms with Crippen LogP contribution in [0.2, 0.25) is 4.34 Å². The van der Waals surface area contributed by atoms with E-state index in [-0.39, 0.29) is 0 Å². The number of nitrogens with zero attached hydrogens (tertiary/aromatic N) is 1. The lowest BCUT2D eigenvalue weighted by molar-refractivity contribution is 0.287. The molecule has 0 atom stereocenters. The summed E-state index contributed by atoms with van der Waals surface area (Å²) in [5.74, 6) is 0. The second kappa shape index (κ2) is 4.58. The molecule has 1 aromatic rings. The van der Waals surface area contributed by atoms with E-state index in [1.807, 2.05) is 25.2 Å². The number of halogens is 2. The Kier molecular flexibility index (Phi) is 3.99. The molecule has 0 saturated carbocycles. The molecule has 0 amide bonds. The Morgan fingerprint density at radius 2 is 2.33 bits per heavy atom. The molecule has 0 fully saturated rings. The number of thiophene rings is 1. The Hall–Kier alpha value is 0.390. The van der Waals surface area contributed by atoms with Crippen LogP contribution in [0.15, 0.2) is 10.5 Å². The Balaban J connectivity index is 2.53. The van der Waals surface area contributed by atoms with Crippen molar-refractivity contribution in [1.82, 2.24) is 10.4 Å². The van der Waals surface area contributed by atoms with Gasteiger partial charge in [0.05, 0.1) is 0 Å². The Labute approximate surface area is 89.6 Å². The molecule has 0 spiro atoms. The van der Waals surface area contributed by atoms with Crippen LogP contribution >= 0.6 is 38.9 Å². The molecule has 12 heavy (non-hydrogen) atoms. The van der Waals surface area contributed by atoms with E-state index in [2.05, 4.69) is 21.4 Å². The number of hydrogen-bond acceptors (Lipinski definition) is 3. The van der Waals surface area contributed by atoms with Crippen molar-refractivity contribution in [1.29, 1.82) is 0 Å². The highest BCUT2D eigenvalue weighted by atomic mass is 79.9. The molecule has 0 aliphatic carbocycles. The molecule has 0 saturated heterocycles. The van der Waals surface area contributed by atoms with E-state index < -0.39 is 0 Å². The Bertz CT molecular complexity index is 242. The molecule has 0 aliphatic heterocycles. The minimum atomic E-state index is 0.811. The van der Waals surface area contributed by atoms with Crippen molar-refractivity contribution in [2.45, 2.75) is 6.54 Å². The molecule has 5 heteroatoms. The maximum Gasteiger partial charge on any atom is 0.107 e. The average Bonchev–Trinajstić information content (AvgIpc) is 2.28. The summed E-state index contributed by atoms with van der Waals surface area (Å²) in [6.45, 7) is 0.822. The third-order valence-electron chi connectivity index (χ3n) is 1.27. The van der Waals surface area contributed by atoms with Gasteiger partial charge in [0.1, 0.15) is 4.34 Å². The highest BCUT2D eigenvalue weighted by molar-refractivity contribution is 9.10. The highest BCUT2D eigenvalue weighted by Crippen LogP contribution is 2.31. The van der Waals surface area contributed by atoms with Gasteiger partial charge in [0.15, 0.2) is 0 Å². The van der Waals surface area contributed by atoms with Crippen molar-refractivity contribution in [3.63, 3.8) is 0 Å². The zero-order valence-electron chi connectivity index (χ0n) is 6.90. The van der Waals surface area contributed by atoms with Crippen LogP contribution in [0.4, 0.5) is 0 Å². The average molecular weight is 270 g/mol. The van der Waals surface area contributed by atoms with E-state index in [9.17, 15) is 0 Å². The van der Waals surface area contributed by atoms with Gasteiger partial charge in [0.2, 0.25) is 0 Å². The van der Waals surface area contributed by atoms with Gasteiger partial charge in [-0.1, -0.05) is 11.6 Å². The predicted molar refractivity (Wildman–Crippen MR) is 57.6 cm³/mol. The fourth-order valence-electron chi connectivity index (χ4n) is 0.715. The van der Waals surface area contributed by atoms with Gasteiger partial charge in [-0.2, -0.15) is 0 Å². The first-order chi connectivity index (χ1) is 5.59. The van der Waals surface area contributed by atoms with Crippen molar-refractivity contribution < 1.29 is 0 Å². The van der Waals surface area contributed by atoms with Crippen molar-refractivity contribution >= 4 is 38.9 Å². The summed E-state index contributed by atoms with van der Waals surface area (Å²) in [5.41, 5.74) is 3.17. The number of hydrogen-bond donors (Lipinski definition) is 1. The van der Waals surface area contributed by atoms with Gasteiger partial charge in [-0.15, -0.1) is 11.3 Å². The van der Waals surface area contributed by atoms with E-state index in [1.165, 1.54) is 4.88 Å². The van der Waals surface area contributed by atoms with Crippen molar-refractivity contribution in [2.75, 3.05) is 14.1 Å². The Morgan fingerprint density at radius 3 is 2.75 bits per heavy atom. The van der Waals surface area contributed by atoms with Crippen LogP contribution in [-0.2, 0) is 6.54 Å². The number of hydrazine groups is 1. The van der Waals surface area contributed by atoms with Gasteiger partial charge in [0.25, 0.3) is 0 Å². The van der Waals surface area contributed by atoms with Gasteiger partial charge in [0, 0.05) is 30.0 Å². The van der Waals surface area contributed by atoms with E-state index in [0.717, 1.165) is 15.4 Å². The molecule has 1 aromatic heterocycles. The first kappa shape index (κ1) is 10.5. The largest absolute Gasteiger partial charge is 0.250 e. The van der Waals surface area contributed by atoms with E-state index in [1.54, 1.807) is 11.3 Å². The van der Waals surface area contributed by atoms with Crippen molar-refractivity contribution in [2.24, 2.45) is 0 Å². The molecule has 1 heterocycles. The molecule has 0 unspecified atom stereocenters. The first-order valence-electron chi connectivity index (χ1n) is 3.44. The molecule has 2 nitrogen and oxygen atoms in total. The molecule has 68 valence electrons. The fourth-order valence-corrected chi connectivity index (χ4v) is 2.44. The molecule has 0 aromatic carbocycles. The summed E-state index contributed by atoms with van der Waals surface area (Å²) in [5, 5.41) is 1.92. The molecule has 1 rings (SSSR count). The maximum atomic E-state index is 5.87. The van der Waals surface area contributed by atoms with Gasteiger partial charge in [-0.05, 0) is 22.0 Å². The van der Waals surface area contributed by atoms with Crippen molar-refractivity contribution in [3.8, 4) is 0 Å². The van der Waals surface area contributed by atoms with Crippen LogP contribution in [0.5, 0.6) is 0 Å². The van der Waals surface area contributed by atoms with Crippen LogP contribution in [0.1, 0.15) is 4.88 Å². The number of nitrogens with one attached hydrogen (secondary N) is 1. The van der Waals surface area contributed by atoms with E-state index in [4.69, 9.17) is 11.6 Å².